The molecule has 0 radical (unpaired) electrons. The van der Waals surface area contributed by atoms with E-state index in [-0.39, 0.29) is 5.56 Å². The zero-order chi connectivity index (χ0) is 12.4. The molecule has 0 unspecified atom stereocenters. The molecule has 6 nitrogen and oxygen atoms in total. The van der Waals surface area contributed by atoms with E-state index in [0.717, 1.165) is 23.6 Å². The van der Waals surface area contributed by atoms with Crippen LogP contribution in [0, 0.1) is 15.9 Å². The van der Waals surface area contributed by atoms with Gasteiger partial charge in [0.2, 0.25) is 5.82 Å². The highest BCUT2D eigenvalue weighted by Gasteiger charge is 2.23. The second kappa shape index (κ2) is 4.46. The van der Waals surface area contributed by atoms with E-state index in [1.54, 1.807) is 0 Å². The van der Waals surface area contributed by atoms with Crippen LogP contribution in [-0.4, -0.2) is 29.0 Å². The first-order chi connectivity index (χ1) is 8.09. The van der Waals surface area contributed by atoms with E-state index >= 15 is 0 Å². The van der Waals surface area contributed by atoms with E-state index in [9.17, 15) is 19.3 Å². The minimum atomic E-state index is -1.03. The molecule has 1 fully saturated rings. The molecule has 0 bridgehead atoms. The number of amides is 1. The van der Waals surface area contributed by atoms with Gasteiger partial charge in [0.05, 0.1) is 18.1 Å². The Hall–Kier alpha value is -2.02. The van der Waals surface area contributed by atoms with Crippen LogP contribution >= 0.6 is 0 Å². The average molecular weight is 240 g/mol. The summed E-state index contributed by atoms with van der Waals surface area (Å²) >= 11 is 0. The van der Waals surface area contributed by atoms with Crippen LogP contribution in [0.15, 0.2) is 18.2 Å². The molecule has 0 N–H and O–H groups in total. The molecule has 1 heterocycles. The summed E-state index contributed by atoms with van der Waals surface area (Å²) in [4.78, 5) is 26.3. The van der Waals surface area contributed by atoms with E-state index < -0.39 is 22.3 Å². The molecule has 0 saturated carbocycles. The third-order valence-corrected chi connectivity index (χ3v) is 2.37. The normalized spacial score (nSPS) is 15.0. The quantitative estimate of drug-likeness (QED) is 0.580. The van der Waals surface area contributed by atoms with Gasteiger partial charge in [-0.25, -0.2) is 5.06 Å². The predicted molar refractivity (Wildman–Crippen MR) is 54.7 cm³/mol. The monoisotopic (exact) mass is 240 g/mol. The summed E-state index contributed by atoms with van der Waals surface area (Å²) in [6.07, 6.45) is 0.723. The lowest BCUT2D eigenvalue weighted by Crippen LogP contribution is -2.26. The highest BCUT2D eigenvalue weighted by Crippen LogP contribution is 2.20. The molecule has 0 aliphatic carbocycles. The Balaban J connectivity index is 2.25. The number of hydroxylamine groups is 2. The molecule has 1 saturated heterocycles. The molecule has 7 heteroatoms. The molecular formula is C10H9FN2O4. The van der Waals surface area contributed by atoms with E-state index in [1.807, 2.05) is 0 Å². The van der Waals surface area contributed by atoms with Gasteiger partial charge in [-0.3, -0.25) is 19.7 Å². The van der Waals surface area contributed by atoms with Crippen molar-refractivity contribution in [1.82, 2.24) is 5.06 Å². The zero-order valence-electron chi connectivity index (χ0n) is 8.76. The van der Waals surface area contributed by atoms with Gasteiger partial charge in [0.15, 0.2) is 0 Å². The third kappa shape index (κ3) is 2.23. The van der Waals surface area contributed by atoms with Gasteiger partial charge in [-0.2, -0.15) is 4.39 Å². The highest BCUT2D eigenvalue weighted by molar-refractivity contribution is 5.93. The van der Waals surface area contributed by atoms with Crippen LogP contribution in [0.3, 0.4) is 0 Å². The first kappa shape index (κ1) is 11.5. The van der Waals surface area contributed by atoms with Crippen LogP contribution in [0.4, 0.5) is 10.1 Å². The van der Waals surface area contributed by atoms with Crippen molar-refractivity contribution in [1.29, 1.82) is 0 Å². The number of nitrogens with zero attached hydrogens (tertiary/aromatic N) is 2. The summed E-state index contributed by atoms with van der Waals surface area (Å²) in [6, 6.07) is 3.03. The Morgan fingerprint density at radius 1 is 1.53 bits per heavy atom. The number of rotatable bonds is 2. The van der Waals surface area contributed by atoms with Crippen molar-refractivity contribution < 1.29 is 18.9 Å². The lowest BCUT2D eigenvalue weighted by Gasteiger charge is -2.13. The van der Waals surface area contributed by atoms with Crippen molar-refractivity contribution in [3.8, 4) is 0 Å². The van der Waals surface area contributed by atoms with Crippen molar-refractivity contribution in [2.45, 2.75) is 6.42 Å². The number of halogens is 1. The van der Waals surface area contributed by atoms with Crippen LogP contribution in [0.5, 0.6) is 0 Å². The van der Waals surface area contributed by atoms with Crippen LogP contribution < -0.4 is 0 Å². The van der Waals surface area contributed by atoms with Gasteiger partial charge in [0.1, 0.15) is 0 Å². The molecule has 1 aromatic carbocycles. The molecule has 0 atom stereocenters. The molecular weight excluding hydrogens is 231 g/mol. The molecule has 90 valence electrons. The Morgan fingerprint density at radius 3 is 2.82 bits per heavy atom. The largest absolute Gasteiger partial charge is 0.304 e. The van der Waals surface area contributed by atoms with Crippen molar-refractivity contribution in [3.05, 3.63) is 39.7 Å². The smallest absolute Gasteiger partial charge is 0.271 e. The van der Waals surface area contributed by atoms with E-state index in [1.165, 1.54) is 6.07 Å². The molecule has 17 heavy (non-hydrogen) atoms. The van der Waals surface area contributed by atoms with Crippen LogP contribution in [-0.2, 0) is 4.84 Å². The van der Waals surface area contributed by atoms with Gasteiger partial charge in [0, 0.05) is 11.6 Å². The van der Waals surface area contributed by atoms with E-state index in [0.29, 0.717) is 13.2 Å². The summed E-state index contributed by atoms with van der Waals surface area (Å²) in [7, 11) is 0. The standard InChI is InChI=1S/C10H9FN2O4/c11-8-6-7(2-3-9(8)13(15)16)10(14)12-4-1-5-17-12/h2-3,6H,1,4-5H2. The fourth-order valence-electron chi connectivity index (χ4n) is 1.54. The van der Waals surface area contributed by atoms with Crippen LogP contribution in [0.25, 0.3) is 0 Å². The van der Waals surface area contributed by atoms with Gasteiger partial charge in [0.25, 0.3) is 5.91 Å². The predicted octanol–water partition coefficient (Wildman–Crippen LogP) is 1.51. The molecule has 1 aromatic rings. The average Bonchev–Trinajstić information content (AvgIpc) is 2.80. The van der Waals surface area contributed by atoms with Crippen LogP contribution in [0.1, 0.15) is 16.8 Å². The van der Waals surface area contributed by atoms with Gasteiger partial charge >= 0.3 is 5.69 Å². The number of hydrogen-bond acceptors (Lipinski definition) is 4. The second-order valence-electron chi connectivity index (χ2n) is 3.52. The molecule has 1 aliphatic rings. The summed E-state index contributed by atoms with van der Waals surface area (Å²) in [5, 5.41) is 11.5. The van der Waals surface area contributed by atoms with Crippen molar-refractivity contribution in [3.63, 3.8) is 0 Å². The molecule has 1 amide bonds. The Bertz CT molecular complexity index is 471. The minimum absolute atomic E-state index is 0.0370. The maximum Gasteiger partial charge on any atom is 0.304 e. The minimum Gasteiger partial charge on any atom is -0.271 e. The van der Waals surface area contributed by atoms with Crippen molar-refractivity contribution >= 4 is 11.6 Å². The summed E-state index contributed by atoms with van der Waals surface area (Å²) < 4.78 is 13.3. The molecule has 0 spiro atoms. The maximum absolute atomic E-state index is 13.3. The molecule has 2 rings (SSSR count). The second-order valence-corrected chi connectivity index (χ2v) is 3.52. The lowest BCUT2D eigenvalue weighted by molar-refractivity contribution is -0.387. The Kier molecular flexibility index (Phi) is 3.01. The fourth-order valence-corrected chi connectivity index (χ4v) is 1.54. The zero-order valence-corrected chi connectivity index (χ0v) is 8.76. The highest BCUT2D eigenvalue weighted by atomic mass is 19.1. The number of benzene rings is 1. The Labute approximate surface area is 95.7 Å². The van der Waals surface area contributed by atoms with Gasteiger partial charge in [-0.05, 0) is 18.6 Å². The number of carbonyl (C=O) groups is 1. The number of nitro benzene ring substituents is 1. The number of hydrogen-bond donors (Lipinski definition) is 0. The van der Waals surface area contributed by atoms with Crippen molar-refractivity contribution in [2.24, 2.45) is 0 Å². The lowest BCUT2D eigenvalue weighted by atomic mass is 10.2. The summed E-state index contributed by atoms with van der Waals surface area (Å²) in [5.74, 6) is -1.52. The topological polar surface area (TPSA) is 72.7 Å². The summed E-state index contributed by atoms with van der Waals surface area (Å²) in [5.41, 5.74) is -0.612. The van der Waals surface area contributed by atoms with Gasteiger partial charge in [-0.15, -0.1) is 0 Å². The van der Waals surface area contributed by atoms with E-state index in [2.05, 4.69) is 0 Å². The SMILES string of the molecule is O=C(c1ccc([N+](=O)[O-])c(F)c1)N1CCCO1. The van der Waals surface area contributed by atoms with Gasteiger partial charge in [-0.1, -0.05) is 0 Å². The van der Waals surface area contributed by atoms with E-state index in [4.69, 9.17) is 4.84 Å². The first-order valence-corrected chi connectivity index (χ1v) is 4.98. The maximum atomic E-state index is 13.3. The number of carbonyl (C=O) groups excluding carboxylic acids is 1. The Morgan fingerprint density at radius 2 is 2.29 bits per heavy atom. The molecule has 0 aromatic heterocycles. The van der Waals surface area contributed by atoms with Gasteiger partial charge < -0.3 is 0 Å². The number of nitro groups is 1. The third-order valence-electron chi connectivity index (χ3n) is 2.37. The first-order valence-electron chi connectivity index (χ1n) is 4.98. The van der Waals surface area contributed by atoms with Crippen molar-refractivity contribution in [2.75, 3.05) is 13.2 Å². The van der Waals surface area contributed by atoms with Crippen LogP contribution in [0.2, 0.25) is 0 Å². The molecule has 1 aliphatic heterocycles. The summed E-state index contributed by atoms with van der Waals surface area (Å²) in [6.45, 7) is 0.888. The fraction of sp³-hybridized carbons (Fsp3) is 0.300.